The van der Waals surface area contributed by atoms with Crippen LogP contribution in [0.25, 0.3) is 11.1 Å². The van der Waals surface area contributed by atoms with E-state index in [9.17, 15) is 13.2 Å². The van der Waals surface area contributed by atoms with Gasteiger partial charge in [0, 0.05) is 22.2 Å². The van der Waals surface area contributed by atoms with Gasteiger partial charge in [0.1, 0.15) is 0 Å². The summed E-state index contributed by atoms with van der Waals surface area (Å²) in [6.45, 7) is 4.52. The smallest absolute Gasteiger partial charge is 0.208 e. The van der Waals surface area contributed by atoms with Crippen molar-refractivity contribution in [2.24, 2.45) is 0 Å². The molecular formula is C34H25NO3S. The number of rotatable bonds is 2. The molecule has 2 aliphatic heterocycles. The molecule has 39 heavy (non-hydrogen) atoms. The van der Waals surface area contributed by atoms with Crippen LogP contribution in [0.2, 0.25) is 0 Å². The maximum atomic E-state index is 13.4. The van der Waals surface area contributed by atoms with Crippen LogP contribution >= 0.6 is 0 Å². The van der Waals surface area contributed by atoms with Gasteiger partial charge < -0.3 is 4.90 Å². The van der Waals surface area contributed by atoms with E-state index in [1.54, 1.807) is 36.4 Å². The Hall–Kier alpha value is -4.48. The van der Waals surface area contributed by atoms with E-state index in [-0.39, 0.29) is 32.1 Å². The summed E-state index contributed by atoms with van der Waals surface area (Å²) in [7, 11) is -3.77. The zero-order valence-corrected chi connectivity index (χ0v) is 22.4. The van der Waals surface area contributed by atoms with Gasteiger partial charge in [-0.05, 0) is 70.8 Å². The van der Waals surface area contributed by atoms with Gasteiger partial charge >= 0.3 is 0 Å². The van der Waals surface area contributed by atoms with Crippen LogP contribution in [0.15, 0.2) is 125 Å². The first kappa shape index (κ1) is 23.6. The molecule has 0 atom stereocenters. The lowest BCUT2D eigenvalue weighted by Gasteiger charge is -2.42. The Bertz CT molecular complexity index is 1890. The number of hydrogen-bond acceptors (Lipinski definition) is 4. The first-order chi connectivity index (χ1) is 18.8. The zero-order valence-electron chi connectivity index (χ0n) is 21.5. The van der Waals surface area contributed by atoms with E-state index in [4.69, 9.17) is 0 Å². The molecule has 0 spiro atoms. The number of sulfone groups is 1. The van der Waals surface area contributed by atoms with Crippen molar-refractivity contribution in [2.45, 2.75) is 29.1 Å². The Morgan fingerprint density at radius 2 is 1.18 bits per heavy atom. The molecule has 2 aliphatic rings. The number of benzene rings is 5. The van der Waals surface area contributed by atoms with Gasteiger partial charge in [0.2, 0.25) is 9.84 Å². The average Bonchev–Trinajstić information content (AvgIpc) is 2.96. The van der Waals surface area contributed by atoms with Gasteiger partial charge in [0.25, 0.3) is 0 Å². The van der Waals surface area contributed by atoms with Crippen molar-refractivity contribution in [3.05, 3.63) is 138 Å². The zero-order chi connectivity index (χ0) is 26.9. The summed E-state index contributed by atoms with van der Waals surface area (Å²) >= 11 is 0. The highest BCUT2D eigenvalue weighted by molar-refractivity contribution is 7.91. The standard InChI is InChI=1S/C34H25NO3S/c1-34(2)27-13-4-6-15-29(27)35(30-16-7-5-14-28(30)34)24-11-9-10-22(20-24)23-18-19-32-26(21-23)33(36)25-12-3-8-17-31(25)39(32,37)38/h3-21H,1-2H3. The normalized spacial score (nSPS) is 16.1. The van der Waals surface area contributed by atoms with Gasteiger partial charge in [-0.1, -0.05) is 80.6 Å². The van der Waals surface area contributed by atoms with Crippen molar-refractivity contribution in [1.82, 2.24) is 0 Å². The monoisotopic (exact) mass is 527 g/mol. The second-order valence-electron chi connectivity index (χ2n) is 10.6. The number of hydrogen-bond donors (Lipinski definition) is 0. The van der Waals surface area contributed by atoms with Crippen LogP contribution in [0.5, 0.6) is 0 Å². The molecule has 190 valence electrons. The number of ketones is 1. The fraction of sp³-hybridized carbons (Fsp3) is 0.0882. The van der Waals surface area contributed by atoms with Crippen LogP contribution in [0.1, 0.15) is 40.9 Å². The lowest BCUT2D eigenvalue weighted by molar-refractivity contribution is 0.103. The van der Waals surface area contributed by atoms with E-state index in [2.05, 4.69) is 79.4 Å². The summed E-state index contributed by atoms with van der Waals surface area (Å²) in [5.74, 6) is -0.269. The van der Waals surface area contributed by atoms with Crippen LogP contribution in [-0.2, 0) is 15.3 Å². The van der Waals surface area contributed by atoms with E-state index in [1.165, 1.54) is 17.2 Å². The highest BCUT2D eigenvalue weighted by atomic mass is 32.2. The molecule has 0 aliphatic carbocycles. The predicted octanol–water partition coefficient (Wildman–Crippen LogP) is 7.84. The second-order valence-corrected chi connectivity index (χ2v) is 12.5. The van der Waals surface area contributed by atoms with E-state index in [0.29, 0.717) is 0 Å². The molecule has 7 rings (SSSR count). The predicted molar refractivity (Wildman–Crippen MR) is 154 cm³/mol. The fourth-order valence-corrected chi connectivity index (χ4v) is 7.68. The maximum Gasteiger partial charge on any atom is 0.208 e. The Balaban J connectivity index is 1.38. The van der Waals surface area contributed by atoms with E-state index < -0.39 is 9.84 Å². The van der Waals surface area contributed by atoms with E-state index in [1.807, 2.05) is 12.1 Å². The van der Waals surface area contributed by atoms with Crippen molar-refractivity contribution in [3.63, 3.8) is 0 Å². The fourth-order valence-electron chi connectivity index (χ4n) is 6.05. The van der Waals surface area contributed by atoms with Crippen LogP contribution in [0.4, 0.5) is 17.1 Å². The van der Waals surface area contributed by atoms with Crippen LogP contribution in [0.3, 0.4) is 0 Å². The van der Waals surface area contributed by atoms with Gasteiger partial charge in [-0.3, -0.25) is 4.79 Å². The van der Waals surface area contributed by atoms with E-state index in [0.717, 1.165) is 28.2 Å². The number of para-hydroxylation sites is 2. The minimum Gasteiger partial charge on any atom is -0.310 e. The number of nitrogens with zero attached hydrogens (tertiary/aromatic N) is 1. The molecule has 0 bridgehead atoms. The molecule has 4 nitrogen and oxygen atoms in total. The molecule has 0 N–H and O–H groups in total. The van der Waals surface area contributed by atoms with Crippen LogP contribution < -0.4 is 4.90 Å². The molecule has 0 saturated carbocycles. The Kier molecular flexibility index (Phi) is 5.00. The highest BCUT2D eigenvalue weighted by Crippen LogP contribution is 2.51. The van der Waals surface area contributed by atoms with Crippen molar-refractivity contribution < 1.29 is 13.2 Å². The molecule has 5 aromatic carbocycles. The first-order valence-corrected chi connectivity index (χ1v) is 14.4. The number of carbonyl (C=O) groups is 1. The summed E-state index contributed by atoms with van der Waals surface area (Å²) in [5, 5.41) is 0. The second kappa shape index (κ2) is 8.26. The molecule has 0 amide bonds. The lowest BCUT2D eigenvalue weighted by Crippen LogP contribution is -2.30. The number of carbonyl (C=O) groups excluding carboxylic acids is 1. The Morgan fingerprint density at radius 3 is 1.90 bits per heavy atom. The van der Waals surface area contributed by atoms with Crippen molar-refractivity contribution in [2.75, 3.05) is 4.90 Å². The first-order valence-electron chi connectivity index (χ1n) is 12.9. The third-order valence-corrected chi connectivity index (χ3v) is 9.88. The summed E-state index contributed by atoms with van der Waals surface area (Å²) in [6, 6.07) is 36.6. The average molecular weight is 528 g/mol. The summed E-state index contributed by atoms with van der Waals surface area (Å²) in [4.78, 5) is 15.8. The van der Waals surface area contributed by atoms with Gasteiger partial charge in [0.15, 0.2) is 5.78 Å². The molecule has 0 fully saturated rings. The Morgan fingerprint density at radius 1 is 0.590 bits per heavy atom. The molecule has 2 heterocycles. The minimum absolute atomic E-state index is 0.0622. The maximum absolute atomic E-state index is 13.4. The molecule has 5 aromatic rings. The third kappa shape index (κ3) is 3.36. The van der Waals surface area contributed by atoms with Crippen LogP contribution in [-0.4, -0.2) is 14.2 Å². The summed E-state index contributed by atoms with van der Waals surface area (Å²) in [6.07, 6.45) is 0. The number of anilines is 3. The van der Waals surface area contributed by atoms with Crippen LogP contribution in [0, 0.1) is 0 Å². The highest BCUT2D eigenvalue weighted by Gasteiger charge is 2.37. The van der Waals surface area contributed by atoms with Crippen molar-refractivity contribution in [1.29, 1.82) is 0 Å². The minimum atomic E-state index is -3.77. The van der Waals surface area contributed by atoms with Crippen molar-refractivity contribution in [3.8, 4) is 11.1 Å². The summed E-state index contributed by atoms with van der Waals surface area (Å²) < 4.78 is 26.6. The SMILES string of the molecule is CC1(C)c2ccccc2N(c2cccc(-c3ccc4c(c3)C(=O)c3ccccc3S4(=O)=O)c2)c2ccccc21. The van der Waals surface area contributed by atoms with Gasteiger partial charge in [0.05, 0.1) is 21.2 Å². The summed E-state index contributed by atoms with van der Waals surface area (Å²) in [5.41, 5.74) is 7.72. The largest absolute Gasteiger partial charge is 0.310 e. The van der Waals surface area contributed by atoms with Crippen molar-refractivity contribution >= 4 is 32.7 Å². The molecule has 0 radical (unpaired) electrons. The quantitative estimate of drug-likeness (QED) is 0.230. The van der Waals surface area contributed by atoms with Gasteiger partial charge in [-0.15, -0.1) is 0 Å². The van der Waals surface area contributed by atoms with Gasteiger partial charge in [-0.25, -0.2) is 8.42 Å². The molecule has 5 heteroatoms. The topological polar surface area (TPSA) is 54.5 Å². The van der Waals surface area contributed by atoms with Gasteiger partial charge in [-0.2, -0.15) is 0 Å². The lowest BCUT2D eigenvalue weighted by atomic mass is 9.73. The van der Waals surface area contributed by atoms with E-state index >= 15 is 0 Å². The number of fused-ring (bicyclic) bond motifs is 4. The molecule has 0 aromatic heterocycles. The molecule has 0 saturated heterocycles. The third-order valence-electron chi connectivity index (χ3n) is 8.01. The molecular weight excluding hydrogens is 502 g/mol. The molecule has 0 unspecified atom stereocenters. The Labute approximate surface area is 228 Å².